The van der Waals surface area contributed by atoms with Crippen molar-refractivity contribution in [2.75, 3.05) is 5.32 Å². The van der Waals surface area contributed by atoms with Gasteiger partial charge >= 0.3 is 0 Å². The van der Waals surface area contributed by atoms with Gasteiger partial charge in [0.05, 0.1) is 10.9 Å². The molecule has 0 saturated heterocycles. The van der Waals surface area contributed by atoms with E-state index in [1.54, 1.807) is 0 Å². The molecule has 0 radical (unpaired) electrons. The summed E-state index contributed by atoms with van der Waals surface area (Å²) in [5, 5.41) is 2.19. The van der Waals surface area contributed by atoms with Crippen LogP contribution in [0.4, 0.5) is 14.5 Å². The summed E-state index contributed by atoms with van der Waals surface area (Å²) in [5.41, 5.74) is 4.96. The normalized spacial score (nSPS) is 12.0. The molecule has 0 aliphatic carbocycles. The molecule has 0 heterocycles. The number of carbonyl (C=O) groups excluding carboxylic acids is 1. The highest BCUT2D eigenvalue weighted by Gasteiger charge is 2.23. The van der Waals surface area contributed by atoms with Crippen LogP contribution >= 0.6 is 28.1 Å². The van der Waals surface area contributed by atoms with Crippen LogP contribution in [0.5, 0.6) is 0 Å². The van der Waals surface area contributed by atoms with Gasteiger partial charge in [-0.05, 0) is 18.6 Å². The Bertz CT molecular complexity index is 487. The Morgan fingerprint density at radius 3 is 2.42 bits per heavy atom. The number of halogens is 3. The van der Waals surface area contributed by atoms with Gasteiger partial charge < -0.3 is 11.1 Å². The van der Waals surface area contributed by atoms with E-state index < -0.39 is 29.1 Å². The van der Waals surface area contributed by atoms with E-state index in [4.69, 9.17) is 18.0 Å². The average Bonchev–Trinajstić information content (AvgIpc) is 2.29. The van der Waals surface area contributed by atoms with E-state index >= 15 is 0 Å². The van der Waals surface area contributed by atoms with Crippen molar-refractivity contribution in [1.29, 1.82) is 0 Å². The molecule has 1 aromatic rings. The highest BCUT2D eigenvalue weighted by molar-refractivity contribution is 9.10. The standard InChI is InChI=1S/C12H13BrF2N2OS/c1-2-3-7(11(16)19)12(18)17-10-8(14)4-6(13)5-9(10)15/h4-5,7H,2-3H2,1H3,(H2,16,19)(H,17,18). The number of hydrogen-bond donors (Lipinski definition) is 2. The van der Waals surface area contributed by atoms with Gasteiger partial charge in [-0.2, -0.15) is 0 Å². The Kier molecular flexibility index (Phi) is 5.81. The average molecular weight is 351 g/mol. The minimum absolute atomic E-state index is 0.0114. The number of anilines is 1. The maximum atomic E-state index is 13.6. The summed E-state index contributed by atoms with van der Waals surface area (Å²) in [6.07, 6.45) is 1.11. The SMILES string of the molecule is CCCC(C(=O)Nc1c(F)cc(Br)cc1F)C(N)=S. The van der Waals surface area contributed by atoms with Crippen molar-refractivity contribution in [2.45, 2.75) is 19.8 Å². The second kappa shape index (κ2) is 6.91. The number of hydrogen-bond acceptors (Lipinski definition) is 2. The molecule has 1 atom stereocenters. The van der Waals surface area contributed by atoms with Crippen molar-refractivity contribution in [2.24, 2.45) is 11.7 Å². The number of amides is 1. The van der Waals surface area contributed by atoms with Crippen LogP contribution in [-0.4, -0.2) is 10.9 Å². The van der Waals surface area contributed by atoms with Crippen LogP contribution in [0.25, 0.3) is 0 Å². The molecule has 1 amide bonds. The molecular weight excluding hydrogens is 338 g/mol. The Labute approximate surface area is 123 Å². The molecule has 3 N–H and O–H groups in total. The molecule has 104 valence electrons. The van der Waals surface area contributed by atoms with E-state index in [1.165, 1.54) is 0 Å². The molecule has 19 heavy (non-hydrogen) atoms. The fraction of sp³-hybridized carbons (Fsp3) is 0.333. The van der Waals surface area contributed by atoms with E-state index in [0.29, 0.717) is 12.8 Å². The number of nitrogens with two attached hydrogens (primary N) is 1. The highest BCUT2D eigenvalue weighted by atomic mass is 79.9. The van der Waals surface area contributed by atoms with Crippen molar-refractivity contribution in [3.05, 3.63) is 28.2 Å². The zero-order valence-corrected chi connectivity index (χ0v) is 12.6. The Hall–Kier alpha value is -1.08. The third kappa shape index (κ3) is 4.21. The lowest BCUT2D eigenvalue weighted by molar-refractivity contribution is -0.118. The lowest BCUT2D eigenvalue weighted by atomic mass is 10.0. The molecule has 3 nitrogen and oxygen atoms in total. The van der Waals surface area contributed by atoms with Crippen molar-refractivity contribution < 1.29 is 13.6 Å². The molecule has 0 bridgehead atoms. The van der Waals surface area contributed by atoms with Crippen LogP contribution in [-0.2, 0) is 4.79 Å². The minimum Gasteiger partial charge on any atom is -0.393 e. The molecule has 7 heteroatoms. The molecule has 1 aromatic carbocycles. The predicted octanol–water partition coefficient (Wildman–Crippen LogP) is 3.37. The van der Waals surface area contributed by atoms with Crippen molar-refractivity contribution in [1.82, 2.24) is 0 Å². The Balaban J connectivity index is 2.96. The summed E-state index contributed by atoms with van der Waals surface area (Å²) in [4.78, 5) is 11.9. The second-order valence-electron chi connectivity index (χ2n) is 3.98. The fourth-order valence-corrected chi connectivity index (χ4v) is 2.19. The molecule has 0 saturated carbocycles. The largest absolute Gasteiger partial charge is 0.393 e. The summed E-state index contributed by atoms with van der Waals surface area (Å²) >= 11 is 7.74. The molecule has 1 rings (SSSR count). The van der Waals surface area contributed by atoms with Gasteiger partial charge in [-0.15, -0.1) is 0 Å². The van der Waals surface area contributed by atoms with Gasteiger partial charge in [0.15, 0.2) is 11.6 Å². The first kappa shape index (κ1) is 16.0. The Morgan fingerprint density at radius 1 is 1.47 bits per heavy atom. The quantitative estimate of drug-likeness (QED) is 0.800. The maximum absolute atomic E-state index is 13.6. The van der Waals surface area contributed by atoms with E-state index in [2.05, 4.69) is 21.2 Å². The van der Waals surface area contributed by atoms with Gasteiger partial charge in [0.1, 0.15) is 5.69 Å². The number of nitrogens with one attached hydrogen (secondary N) is 1. The van der Waals surface area contributed by atoms with Crippen LogP contribution in [0.3, 0.4) is 0 Å². The molecule has 0 aliphatic rings. The van der Waals surface area contributed by atoms with Gasteiger partial charge in [-0.1, -0.05) is 41.5 Å². The third-order valence-corrected chi connectivity index (χ3v) is 3.23. The van der Waals surface area contributed by atoms with Crippen LogP contribution in [0.2, 0.25) is 0 Å². The van der Waals surface area contributed by atoms with E-state index in [-0.39, 0.29) is 9.46 Å². The van der Waals surface area contributed by atoms with E-state index in [1.807, 2.05) is 6.92 Å². The maximum Gasteiger partial charge on any atom is 0.234 e. The summed E-state index contributed by atoms with van der Waals surface area (Å²) in [7, 11) is 0. The summed E-state index contributed by atoms with van der Waals surface area (Å²) in [5.74, 6) is -3.06. The number of thiocarbonyl (C=S) groups is 1. The summed E-state index contributed by atoms with van der Waals surface area (Å²) in [6, 6.07) is 2.13. The monoisotopic (exact) mass is 350 g/mol. The van der Waals surface area contributed by atoms with Gasteiger partial charge in [0, 0.05) is 4.47 Å². The molecule has 0 spiro atoms. The lowest BCUT2D eigenvalue weighted by Gasteiger charge is -2.15. The first-order chi connectivity index (χ1) is 8.86. The van der Waals surface area contributed by atoms with Gasteiger partial charge in [0.2, 0.25) is 5.91 Å². The van der Waals surface area contributed by atoms with Crippen molar-refractivity contribution >= 4 is 44.7 Å². The van der Waals surface area contributed by atoms with Crippen LogP contribution < -0.4 is 11.1 Å². The number of rotatable bonds is 5. The molecular formula is C12H13BrF2N2OS. The van der Waals surface area contributed by atoms with Gasteiger partial charge in [-0.25, -0.2) is 8.78 Å². The highest BCUT2D eigenvalue weighted by Crippen LogP contribution is 2.24. The van der Waals surface area contributed by atoms with E-state index in [9.17, 15) is 13.6 Å². The van der Waals surface area contributed by atoms with Crippen LogP contribution in [0.1, 0.15) is 19.8 Å². The van der Waals surface area contributed by atoms with Crippen LogP contribution in [0.15, 0.2) is 16.6 Å². The van der Waals surface area contributed by atoms with Crippen molar-refractivity contribution in [3.8, 4) is 0 Å². The van der Waals surface area contributed by atoms with E-state index in [0.717, 1.165) is 12.1 Å². The van der Waals surface area contributed by atoms with Crippen LogP contribution in [0, 0.1) is 17.6 Å². The predicted molar refractivity (Wildman–Crippen MR) is 77.9 cm³/mol. The van der Waals surface area contributed by atoms with Gasteiger partial charge in [-0.3, -0.25) is 4.79 Å². The first-order valence-electron chi connectivity index (χ1n) is 5.61. The number of benzene rings is 1. The zero-order valence-electron chi connectivity index (χ0n) is 10.2. The fourth-order valence-electron chi connectivity index (χ4n) is 1.56. The summed E-state index contributed by atoms with van der Waals surface area (Å²) in [6.45, 7) is 1.86. The Morgan fingerprint density at radius 2 is 2.00 bits per heavy atom. The molecule has 1 unspecified atom stereocenters. The topological polar surface area (TPSA) is 55.1 Å². The lowest BCUT2D eigenvalue weighted by Crippen LogP contribution is -2.33. The zero-order chi connectivity index (χ0) is 14.6. The minimum atomic E-state index is -0.863. The second-order valence-corrected chi connectivity index (χ2v) is 5.36. The smallest absolute Gasteiger partial charge is 0.234 e. The molecule has 0 fully saturated rings. The summed E-state index contributed by atoms with van der Waals surface area (Å²) < 4.78 is 27.4. The molecule has 0 aliphatic heterocycles. The van der Waals surface area contributed by atoms with Gasteiger partial charge in [0.25, 0.3) is 0 Å². The molecule has 0 aromatic heterocycles. The first-order valence-corrected chi connectivity index (χ1v) is 6.81. The van der Waals surface area contributed by atoms with Crippen molar-refractivity contribution in [3.63, 3.8) is 0 Å². The third-order valence-electron chi connectivity index (χ3n) is 2.49. The number of carbonyl (C=O) groups is 1.